The summed E-state index contributed by atoms with van der Waals surface area (Å²) in [4.78, 5) is 9.13. The molecule has 7 rings (SSSR count). The van der Waals surface area contributed by atoms with Gasteiger partial charge in [-0.15, -0.1) is 70.3 Å². The molecule has 2 heterocycles. The Morgan fingerprint density at radius 1 is 0.545 bits per heavy atom. The number of benzene rings is 5. The van der Waals surface area contributed by atoms with E-state index in [1.807, 2.05) is 18.5 Å². The molecule has 0 aliphatic rings. The molecule has 3 heteroatoms. The van der Waals surface area contributed by atoms with Gasteiger partial charge in [-0.1, -0.05) is 96.1 Å². The standard InChI is InChI=1S/C25H18N.C16H18N.Ir/c1-16-13-17(2)15-19(14-16)25-24-10-9-21-20-6-4-3-5-18(20)7-8-22(21)23(24)11-12-26-25;1-12-6-5-7-13(10-12)15-11-14(8-9-17-15)16(2,3)4;/h3-14H,1-2H3;5-9,11H,1-4H3;/q2*-1;. The second-order valence-electron chi connectivity index (χ2n) is 12.4. The number of fused-ring (bicyclic) bond motifs is 5. The predicted molar refractivity (Wildman–Crippen MR) is 182 cm³/mol. The summed E-state index contributed by atoms with van der Waals surface area (Å²) < 4.78 is 0. The van der Waals surface area contributed by atoms with Crippen LogP contribution in [0.1, 0.15) is 43.0 Å². The van der Waals surface area contributed by atoms with E-state index in [4.69, 9.17) is 4.98 Å². The average Bonchev–Trinajstić information content (AvgIpc) is 3.00. The van der Waals surface area contributed by atoms with Crippen molar-refractivity contribution in [1.82, 2.24) is 9.97 Å². The molecule has 2 aromatic heterocycles. The Bertz CT molecular complexity index is 2080. The van der Waals surface area contributed by atoms with Crippen molar-refractivity contribution < 1.29 is 20.1 Å². The van der Waals surface area contributed by atoms with Gasteiger partial charge in [0.05, 0.1) is 0 Å². The first-order valence-corrected chi connectivity index (χ1v) is 14.8. The van der Waals surface area contributed by atoms with Crippen molar-refractivity contribution in [3.05, 3.63) is 144 Å². The Kier molecular flexibility index (Phi) is 9.11. The maximum Gasteiger partial charge on any atom is 0.0167 e. The molecule has 0 aliphatic carbocycles. The van der Waals surface area contributed by atoms with E-state index in [0.29, 0.717) is 0 Å². The normalized spacial score (nSPS) is 11.2. The van der Waals surface area contributed by atoms with Crippen LogP contribution in [0, 0.1) is 32.9 Å². The molecule has 0 fully saturated rings. The summed E-state index contributed by atoms with van der Waals surface area (Å²) in [6, 6.07) is 41.1. The molecule has 2 nitrogen and oxygen atoms in total. The first-order valence-electron chi connectivity index (χ1n) is 14.8. The number of hydrogen-bond acceptors (Lipinski definition) is 2. The topological polar surface area (TPSA) is 25.8 Å². The summed E-state index contributed by atoms with van der Waals surface area (Å²) in [5, 5.41) is 7.55. The zero-order chi connectivity index (χ0) is 30.1. The molecule has 0 saturated heterocycles. The summed E-state index contributed by atoms with van der Waals surface area (Å²) in [6.07, 6.45) is 3.80. The molecule has 1 radical (unpaired) electrons. The maximum absolute atomic E-state index is 4.70. The Hall–Kier alpha value is -4.17. The van der Waals surface area contributed by atoms with Gasteiger partial charge in [0.2, 0.25) is 0 Å². The van der Waals surface area contributed by atoms with Gasteiger partial charge in [-0.25, -0.2) is 0 Å². The Labute approximate surface area is 274 Å². The fraction of sp³-hybridized carbons (Fsp3) is 0.171. The van der Waals surface area contributed by atoms with Crippen LogP contribution in [0.4, 0.5) is 0 Å². The average molecular weight is 749 g/mol. The molecule has 5 aromatic carbocycles. The summed E-state index contributed by atoms with van der Waals surface area (Å²) in [5.74, 6) is 0. The number of nitrogens with zero attached hydrogens (tertiary/aromatic N) is 2. The van der Waals surface area contributed by atoms with E-state index in [9.17, 15) is 0 Å². The molecule has 0 aliphatic heterocycles. The van der Waals surface area contributed by atoms with E-state index in [1.54, 1.807) is 0 Å². The van der Waals surface area contributed by atoms with Crippen LogP contribution in [0.2, 0.25) is 0 Å². The van der Waals surface area contributed by atoms with Crippen LogP contribution < -0.4 is 0 Å². The van der Waals surface area contributed by atoms with Gasteiger partial charge in [-0.05, 0) is 66.8 Å². The predicted octanol–water partition coefficient (Wildman–Crippen LogP) is 10.8. The van der Waals surface area contributed by atoms with Crippen molar-refractivity contribution in [2.24, 2.45) is 0 Å². The van der Waals surface area contributed by atoms with Gasteiger partial charge < -0.3 is 9.97 Å². The van der Waals surface area contributed by atoms with Gasteiger partial charge in [0.25, 0.3) is 0 Å². The molecule has 0 bridgehead atoms. The molecular weight excluding hydrogens is 713 g/mol. The minimum absolute atomic E-state index is 0. The minimum atomic E-state index is 0. The fourth-order valence-electron chi connectivity index (χ4n) is 5.77. The number of pyridine rings is 2. The smallest absolute Gasteiger partial charge is 0.0167 e. The van der Waals surface area contributed by atoms with Crippen LogP contribution in [0.3, 0.4) is 0 Å². The van der Waals surface area contributed by atoms with Gasteiger partial charge in [-0.2, -0.15) is 0 Å². The molecule has 44 heavy (non-hydrogen) atoms. The molecule has 0 N–H and O–H groups in total. The summed E-state index contributed by atoms with van der Waals surface area (Å²) in [5.41, 5.74) is 9.12. The van der Waals surface area contributed by atoms with Gasteiger partial charge in [0, 0.05) is 32.5 Å². The number of rotatable bonds is 2. The quantitative estimate of drug-likeness (QED) is 0.130. The zero-order valence-corrected chi connectivity index (χ0v) is 28.5. The minimum Gasteiger partial charge on any atom is -0.305 e. The first kappa shape index (κ1) is 31.3. The van der Waals surface area contributed by atoms with E-state index < -0.39 is 0 Å². The number of aryl methyl sites for hydroxylation is 3. The maximum atomic E-state index is 4.70. The van der Waals surface area contributed by atoms with Gasteiger partial charge >= 0.3 is 0 Å². The third kappa shape index (κ3) is 6.50. The summed E-state index contributed by atoms with van der Waals surface area (Å²) >= 11 is 0. The van der Waals surface area contributed by atoms with Crippen LogP contribution in [0.5, 0.6) is 0 Å². The van der Waals surface area contributed by atoms with E-state index in [2.05, 4.69) is 150 Å². The number of hydrogen-bond donors (Lipinski definition) is 0. The van der Waals surface area contributed by atoms with Gasteiger partial charge in [0.15, 0.2) is 0 Å². The Morgan fingerprint density at radius 2 is 1.23 bits per heavy atom. The van der Waals surface area contributed by atoms with Crippen molar-refractivity contribution in [2.45, 2.75) is 47.0 Å². The number of aromatic nitrogens is 2. The van der Waals surface area contributed by atoms with Gasteiger partial charge in [0.1, 0.15) is 0 Å². The molecule has 0 atom stereocenters. The molecule has 7 aromatic rings. The molecule has 221 valence electrons. The second kappa shape index (κ2) is 12.8. The van der Waals surface area contributed by atoms with Crippen LogP contribution in [-0.4, -0.2) is 9.97 Å². The summed E-state index contributed by atoms with van der Waals surface area (Å²) in [7, 11) is 0. The molecule has 0 unspecified atom stereocenters. The van der Waals surface area contributed by atoms with Crippen LogP contribution >= 0.6 is 0 Å². The second-order valence-corrected chi connectivity index (χ2v) is 12.4. The largest absolute Gasteiger partial charge is 0.305 e. The summed E-state index contributed by atoms with van der Waals surface area (Å²) in [6.45, 7) is 12.9. The zero-order valence-electron chi connectivity index (χ0n) is 26.1. The Balaban J connectivity index is 0.000000187. The van der Waals surface area contributed by atoms with Crippen molar-refractivity contribution in [1.29, 1.82) is 0 Å². The van der Waals surface area contributed by atoms with E-state index in [0.717, 1.165) is 33.6 Å². The molecular formula is C41H36IrN2-2. The Morgan fingerprint density at radius 3 is 2.00 bits per heavy atom. The third-order valence-corrected chi connectivity index (χ3v) is 7.91. The monoisotopic (exact) mass is 749 g/mol. The van der Waals surface area contributed by atoms with Crippen LogP contribution in [-0.2, 0) is 25.5 Å². The van der Waals surface area contributed by atoms with Crippen molar-refractivity contribution in [3.63, 3.8) is 0 Å². The van der Waals surface area contributed by atoms with Crippen molar-refractivity contribution in [2.75, 3.05) is 0 Å². The molecule has 0 spiro atoms. The van der Waals surface area contributed by atoms with Crippen molar-refractivity contribution in [3.8, 4) is 22.5 Å². The third-order valence-electron chi connectivity index (χ3n) is 7.91. The van der Waals surface area contributed by atoms with Crippen molar-refractivity contribution >= 4 is 32.3 Å². The van der Waals surface area contributed by atoms with E-state index in [-0.39, 0.29) is 25.5 Å². The van der Waals surface area contributed by atoms with Crippen LogP contribution in [0.15, 0.2) is 109 Å². The SMILES string of the molecule is Cc1[c-]c(-c2cc(C(C)(C)C)ccn2)ccc1.Cc1[c-]c(-c2nccc3c2ccc2c4ccccc4ccc32)cc(C)c1.[Ir]. The first-order chi connectivity index (χ1) is 20.7. The molecule has 0 saturated carbocycles. The van der Waals surface area contributed by atoms with Gasteiger partial charge in [-0.3, -0.25) is 0 Å². The van der Waals surface area contributed by atoms with E-state index >= 15 is 0 Å². The van der Waals surface area contributed by atoms with Crippen LogP contribution in [0.25, 0.3) is 54.8 Å². The van der Waals surface area contributed by atoms with E-state index in [1.165, 1.54) is 43.4 Å². The molecule has 0 amide bonds. The fourth-order valence-corrected chi connectivity index (χ4v) is 5.77.